The molecule has 1 atom stereocenters. The highest BCUT2D eigenvalue weighted by molar-refractivity contribution is 6.30. The lowest BCUT2D eigenvalue weighted by Crippen LogP contribution is -2.18. The van der Waals surface area contributed by atoms with Crippen LogP contribution in [-0.2, 0) is 0 Å². The fraction of sp³-hybridized carbons (Fsp3) is 0.167. The quantitative estimate of drug-likeness (QED) is 0.745. The zero-order chi connectivity index (χ0) is 15.4. The molecular weight excluding hydrogens is 294 g/mol. The van der Waals surface area contributed by atoms with Crippen molar-refractivity contribution < 1.29 is 0 Å². The molecule has 0 unspecified atom stereocenters. The first-order valence-electron chi connectivity index (χ1n) is 7.27. The number of likely N-dealkylation sites (N-methyl/N-ethyl adjacent to an activating group) is 1. The maximum Gasteiger partial charge on any atom is 0.0565 e. The molecule has 2 aromatic carbocycles. The molecule has 0 saturated heterocycles. The Bertz CT molecular complexity index is 703. The van der Waals surface area contributed by atoms with E-state index >= 15 is 0 Å². The van der Waals surface area contributed by atoms with Gasteiger partial charge in [0.1, 0.15) is 0 Å². The van der Waals surface area contributed by atoms with Crippen LogP contribution >= 0.6 is 11.6 Å². The zero-order valence-corrected chi connectivity index (χ0v) is 13.1. The van der Waals surface area contributed by atoms with E-state index in [0.717, 1.165) is 22.7 Å². The maximum atomic E-state index is 5.99. The Hall–Kier alpha value is -2.10. The molecule has 22 heavy (non-hydrogen) atoms. The third-order valence-electron chi connectivity index (χ3n) is 3.83. The normalized spacial score (nSPS) is 12.3. The van der Waals surface area contributed by atoms with Gasteiger partial charge in [0.25, 0.3) is 0 Å². The van der Waals surface area contributed by atoms with Gasteiger partial charge in [0.15, 0.2) is 0 Å². The summed E-state index contributed by atoms with van der Waals surface area (Å²) in [5.41, 5.74) is 4.80. The van der Waals surface area contributed by atoms with Crippen molar-refractivity contribution in [2.45, 2.75) is 5.92 Å². The number of nitrogens with one attached hydrogen (secondary N) is 2. The lowest BCUT2D eigenvalue weighted by atomic mass is 9.90. The molecule has 112 valence electrons. The van der Waals surface area contributed by atoms with E-state index in [9.17, 15) is 0 Å². The van der Waals surface area contributed by atoms with Crippen LogP contribution in [0.1, 0.15) is 17.0 Å². The molecule has 0 aliphatic heterocycles. The van der Waals surface area contributed by atoms with E-state index in [1.54, 1.807) is 0 Å². The van der Waals surface area contributed by atoms with E-state index in [1.807, 2.05) is 31.6 Å². The monoisotopic (exact) mass is 311 g/mol. The van der Waals surface area contributed by atoms with Crippen molar-refractivity contribution in [2.24, 2.45) is 0 Å². The van der Waals surface area contributed by atoms with E-state index in [2.05, 4.69) is 51.9 Å². The Balaban J connectivity index is 1.90. The van der Waals surface area contributed by atoms with Crippen LogP contribution in [0.4, 0.5) is 0 Å². The van der Waals surface area contributed by atoms with Crippen molar-refractivity contribution in [3.63, 3.8) is 0 Å². The first kappa shape index (κ1) is 14.8. The van der Waals surface area contributed by atoms with Crippen molar-refractivity contribution in [1.29, 1.82) is 0 Å². The molecule has 0 spiro atoms. The number of nitrogens with zero attached hydrogens (tertiary/aromatic N) is 1. The van der Waals surface area contributed by atoms with Crippen LogP contribution in [0.3, 0.4) is 0 Å². The summed E-state index contributed by atoms with van der Waals surface area (Å²) in [5, 5.41) is 10.9. The van der Waals surface area contributed by atoms with Crippen LogP contribution in [0.25, 0.3) is 11.1 Å². The first-order valence-corrected chi connectivity index (χ1v) is 7.65. The molecule has 0 aliphatic rings. The second-order valence-corrected chi connectivity index (χ2v) is 5.71. The molecule has 1 aromatic heterocycles. The largest absolute Gasteiger partial charge is 0.319 e. The molecule has 4 heteroatoms. The van der Waals surface area contributed by atoms with Crippen molar-refractivity contribution in [3.8, 4) is 11.1 Å². The Morgan fingerprint density at radius 2 is 1.64 bits per heavy atom. The van der Waals surface area contributed by atoms with Gasteiger partial charge in [0.05, 0.1) is 6.20 Å². The molecule has 0 amide bonds. The smallest absolute Gasteiger partial charge is 0.0565 e. The summed E-state index contributed by atoms with van der Waals surface area (Å²) in [6.07, 6.45) is 3.73. The van der Waals surface area contributed by atoms with Gasteiger partial charge in [-0.1, -0.05) is 48.0 Å². The third kappa shape index (κ3) is 3.21. The van der Waals surface area contributed by atoms with Crippen molar-refractivity contribution >= 4 is 11.6 Å². The summed E-state index contributed by atoms with van der Waals surface area (Å²) < 4.78 is 0. The highest BCUT2D eigenvalue weighted by atomic mass is 35.5. The molecule has 0 bridgehead atoms. The number of aromatic nitrogens is 2. The Kier molecular flexibility index (Phi) is 4.56. The number of aromatic amines is 1. The van der Waals surface area contributed by atoms with Crippen LogP contribution in [0.15, 0.2) is 60.9 Å². The summed E-state index contributed by atoms with van der Waals surface area (Å²) in [5.74, 6) is 0.306. The number of rotatable bonds is 5. The minimum atomic E-state index is 0.306. The van der Waals surface area contributed by atoms with Crippen LogP contribution in [0.2, 0.25) is 5.02 Å². The molecule has 2 N–H and O–H groups in total. The lowest BCUT2D eigenvalue weighted by molar-refractivity contribution is 0.708. The fourth-order valence-electron chi connectivity index (χ4n) is 2.64. The van der Waals surface area contributed by atoms with Gasteiger partial charge in [-0.25, -0.2) is 0 Å². The molecule has 0 radical (unpaired) electrons. The van der Waals surface area contributed by atoms with E-state index in [0.29, 0.717) is 5.92 Å². The van der Waals surface area contributed by atoms with Gasteiger partial charge < -0.3 is 5.32 Å². The standard InChI is InChI=1S/C18H18ClN3/c1-20-12-18(15-6-8-17(19)9-7-15)14-4-2-13(3-5-14)16-10-21-22-11-16/h2-11,18,20H,12H2,1H3,(H,21,22)/t18-/m0/s1. The number of benzene rings is 2. The van der Waals surface area contributed by atoms with Gasteiger partial charge in [0.2, 0.25) is 0 Å². The highest BCUT2D eigenvalue weighted by Crippen LogP contribution is 2.27. The Morgan fingerprint density at radius 1 is 1.00 bits per heavy atom. The fourth-order valence-corrected chi connectivity index (χ4v) is 2.77. The van der Waals surface area contributed by atoms with Crippen molar-refractivity contribution in [3.05, 3.63) is 77.1 Å². The molecule has 0 aliphatic carbocycles. The lowest BCUT2D eigenvalue weighted by Gasteiger charge is -2.18. The van der Waals surface area contributed by atoms with Gasteiger partial charge in [-0.3, -0.25) is 5.10 Å². The summed E-state index contributed by atoms with van der Waals surface area (Å²) in [6.45, 7) is 0.882. The number of H-pyrrole nitrogens is 1. The average Bonchev–Trinajstić information content (AvgIpc) is 3.08. The predicted octanol–water partition coefficient (Wildman–Crippen LogP) is 4.08. The van der Waals surface area contributed by atoms with Gasteiger partial charge in [-0.2, -0.15) is 5.10 Å². The van der Waals surface area contributed by atoms with Crippen molar-refractivity contribution in [2.75, 3.05) is 13.6 Å². The Labute approximate surface area is 135 Å². The van der Waals surface area contributed by atoms with Crippen LogP contribution in [-0.4, -0.2) is 23.8 Å². The van der Waals surface area contributed by atoms with Crippen LogP contribution < -0.4 is 5.32 Å². The maximum absolute atomic E-state index is 5.99. The minimum Gasteiger partial charge on any atom is -0.319 e. The summed E-state index contributed by atoms with van der Waals surface area (Å²) in [4.78, 5) is 0. The summed E-state index contributed by atoms with van der Waals surface area (Å²) in [6, 6.07) is 16.7. The minimum absolute atomic E-state index is 0.306. The molecule has 3 nitrogen and oxygen atoms in total. The predicted molar refractivity (Wildman–Crippen MR) is 91.2 cm³/mol. The van der Waals surface area contributed by atoms with Gasteiger partial charge >= 0.3 is 0 Å². The van der Waals surface area contributed by atoms with Gasteiger partial charge in [0, 0.05) is 29.2 Å². The first-order chi connectivity index (χ1) is 10.8. The van der Waals surface area contributed by atoms with Crippen LogP contribution in [0.5, 0.6) is 0 Å². The Morgan fingerprint density at radius 3 is 2.18 bits per heavy atom. The molecule has 3 rings (SSSR count). The molecule has 1 heterocycles. The second kappa shape index (κ2) is 6.77. The SMILES string of the molecule is CNC[C@H](c1ccc(Cl)cc1)c1ccc(-c2cn[nH]c2)cc1. The van der Waals surface area contributed by atoms with Crippen LogP contribution in [0, 0.1) is 0 Å². The summed E-state index contributed by atoms with van der Waals surface area (Å²) in [7, 11) is 1.97. The third-order valence-corrected chi connectivity index (χ3v) is 4.08. The number of halogens is 1. The molecule has 3 aromatic rings. The highest BCUT2D eigenvalue weighted by Gasteiger charge is 2.13. The average molecular weight is 312 g/mol. The second-order valence-electron chi connectivity index (χ2n) is 5.27. The van der Waals surface area contributed by atoms with E-state index in [-0.39, 0.29) is 0 Å². The number of hydrogen-bond donors (Lipinski definition) is 2. The van der Waals surface area contributed by atoms with Gasteiger partial charge in [-0.05, 0) is 35.9 Å². The molecular formula is C18H18ClN3. The summed E-state index contributed by atoms with van der Waals surface area (Å²) >= 11 is 5.99. The topological polar surface area (TPSA) is 40.7 Å². The van der Waals surface area contributed by atoms with E-state index < -0.39 is 0 Å². The van der Waals surface area contributed by atoms with E-state index in [1.165, 1.54) is 11.1 Å². The molecule has 0 fully saturated rings. The van der Waals surface area contributed by atoms with E-state index in [4.69, 9.17) is 11.6 Å². The zero-order valence-electron chi connectivity index (χ0n) is 12.4. The molecule has 0 saturated carbocycles. The van der Waals surface area contributed by atoms with Crippen molar-refractivity contribution in [1.82, 2.24) is 15.5 Å². The van der Waals surface area contributed by atoms with Gasteiger partial charge in [-0.15, -0.1) is 0 Å². The number of hydrogen-bond acceptors (Lipinski definition) is 2.